The zero-order valence-electron chi connectivity index (χ0n) is 18.8. The van der Waals surface area contributed by atoms with Gasteiger partial charge >= 0.3 is 0 Å². The van der Waals surface area contributed by atoms with Crippen LogP contribution in [-0.2, 0) is 17.7 Å². The molecule has 0 atom stereocenters. The summed E-state index contributed by atoms with van der Waals surface area (Å²) in [7, 11) is 1.74. The number of hydrogen-bond acceptors (Lipinski definition) is 3. The molecule has 0 spiro atoms. The maximum Gasteiger partial charge on any atom is 0.173 e. The predicted molar refractivity (Wildman–Crippen MR) is 132 cm³/mol. The average molecular weight is 426 g/mol. The lowest BCUT2D eigenvalue weighted by Crippen LogP contribution is -2.37. The van der Waals surface area contributed by atoms with Crippen LogP contribution in [0.5, 0.6) is 0 Å². The number of aryl methyl sites for hydroxylation is 2. The molecule has 162 valence electrons. The van der Waals surface area contributed by atoms with E-state index in [0.717, 1.165) is 36.9 Å². The van der Waals surface area contributed by atoms with Crippen molar-refractivity contribution < 1.29 is 4.74 Å². The second-order valence-corrected chi connectivity index (χ2v) is 8.53. The highest BCUT2D eigenvalue weighted by molar-refractivity contribution is 7.80. The van der Waals surface area contributed by atoms with Gasteiger partial charge in [-0.05, 0) is 79.7 Å². The maximum absolute atomic E-state index is 5.80. The molecule has 2 aromatic carbocycles. The van der Waals surface area contributed by atoms with Gasteiger partial charge in [0.2, 0.25) is 0 Å². The molecular formula is C25H35N3OS. The SMILES string of the molecule is CCCN1CCCc2cc(CN(CCOC)C(=S)Nc3cccc(C)c3C)ccc21. The molecule has 1 aliphatic heterocycles. The van der Waals surface area contributed by atoms with Gasteiger partial charge in [0, 0.05) is 44.7 Å². The van der Waals surface area contributed by atoms with Crippen LogP contribution in [0.15, 0.2) is 36.4 Å². The van der Waals surface area contributed by atoms with E-state index in [1.54, 1.807) is 7.11 Å². The third-order valence-corrected chi connectivity index (χ3v) is 6.28. The maximum atomic E-state index is 5.80. The molecule has 1 N–H and O–H groups in total. The molecule has 0 aromatic heterocycles. The average Bonchev–Trinajstić information content (AvgIpc) is 2.74. The molecule has 5 heteroatoms. The minimum absolute atomic E-state index is 0.643. The first kappa shape index (κ1) is 22.6. The summed E-state index contributed by atoms with van der Waals surface area (Å²) in [5.74, 6) is 0. The molecule has 0 radical (unpaired) electrons. The van der Waals surface area contributed by atoms with Gasteiger partial charge in [0.1, 0.15) is 0 Å². The quantitative estimate of drug-likeness (QED) is 0.579. The Morgan fingerprint density at radius 2 is 2.07 bits per heavy atom. The molecule has 1 aliphatic rings. The summed E-state index contributed by atoms with van der Waals surface area (Å²) in [6.07, 6.45) is 3.58. The number of benzene rings is 2. The summed E-state index contributed by atoms with van der Waals surface area (Å²) in [6.45, 7) is 11.0. The molecule has 30 heavy (non-hydrogen) atoms. The van der Waals surface area contributed by atoms with Crippen molar-refractivity contribution in [2.45, 2.75) is 46.6 Å². The fraction of sp³-hybridized carbons (Fsp3) is 0.480. The van der Waals surface area contributed by atoms with Gasteiger partial charge in [0.05, 0.1) is 6.61 Å². The number of nitrogens with zero attached hydrogens (tertiary/aromatic N) is 2. The van der Waals surface area contributed by atoms with Crippen molar-refractivity contribution in [3.8, 4) is 0 Å². The summed E-state index contributed by atoms with van der Waals surface area (Å²) in [5.41, 5.74) is 7.74. The van der Waals surface area contributed by atoms with Gasteiger partial charge in [-0.15, -0.1) is 0 Å². The van der Waals surface area contributed by atoms with Crippen LogP contribution in [0.3, 0.4) is 0 Å². The standard InChI is InChI=1S/C25H35N3OS/c1-5-13-27-14-7-9-22-17-21(11-12-24(22)27)18-28(15-16-29-4)25(30)26-23-10-6-8-19(2)20(23)3/h6,8,10-12,17H,5,7,9,13-16,18H2,1-4H3,(H,26,30). The third kappa shape index (κ3) is 5.52. The first-order valence-electron chi connectivity index (χ1n) is 11.0. The van der Waals surface area contributed by atoms with Crippen LogP contribution >= 0.6 is 12.2 Å². The fourth-order valence-corrected chi connectivity index (χ4v) is 4.35. The van der Waals surface area contributed by atoms with Crippen molar-refractivity contribution in [2.75, 3.05) is 43.6 Å². The number of nitrogens with one attached hydrogen (secondary N) is 1. The Morgan fingerprint density at radius 3 is 2.83 bits per heavy atom. The molecule has 3 rings (SSSR count). The highest BCUT2D eigenvalue weighted by Crippen LogP contribution is 2.29. The largest absolute Gasteiger partial charge is 0.383 e. The van der Waals surface area contributed by atoms with Crippen molar-refractivity contribution in [1.82, 2.24) is 4.90 Å². The Bertz CT molecular complexity index is 867. The van der Waals surface area contributed by atoms with Crippen LogP contribution in [0.25, 0.3) is 0 Å². The summed E-state index contributed by atoms with van der Waals surface area (Å²) in [4.78, 5) is 4.73. The molecule has 0 saturated heterocycles. The number of ether oxygens (including phenoxy) is 1. The van der Waals surface area contributed by atoms with Crippen molar-refractivity contribution in [1.29, 1.82) is 0 Å². The fourth-order valence-electron chi connectivity index (χ4n) is 4.08. The highest BCUT2D eigenvalue weighted by Gasteiger charge is 2.18. The Morgan fingerprint density at radius 1 is 1.23 bits per heavy atom. The van der Waals surface area contributed by atoms with Crippen molar-refractivity contribution >= 4 is 28.7 Å². The van der Waals surface area contributed by atoms with Gasteiger partial charge in [-0.2, -0.15) is 0 Å². The second-order valence-electron chi connectivity index (χ2n) is 8.15. The molecule has 0 unspecified atom stereocenters. The van der Waals surface area contributed by atoms with Crippen LogP contribution in [0.2, 0.25) is 0 Å². The number of rotatable bonds is 8. The number of thiocarbonyl (C=S) groups is 1. The number of fused-ring (bicyclic) bond motifs is 1. The van der Waals surface area contributed by atoms with E-state index in [0.29, 0.717) is 6.61 Å². The monoisotopic (exact) mass is 425 g/mol. The second kappa shape index (κ2) is 10.8. The first-order valence-corrected chi connectivity index (χ1v) is 11.4. The van der Waals surface area contributed by atoms with Gasteiger partial charge < -0.3 is 19.9 Å². The van der Waals surface area contributed by atoms with Crippen molar-refractivity contribution in [2.24, 2.45) is 0 Å². The zero-order chi connectivity index (χ0) is 21.5. The topological polar surface area (TPSA) is 27.7 Å². The van der Waals surface area contributed by atoms with E-state index in [2.05, 4.69) is 72.3 Å². The van der Waals surface area contributed by atoms with Gasteiger partial charge in [-0.3, -0.25) is 0 Å². The molecule has 1 heterocycles. The Balaban J connectivity index is 1.76. The first-order chi connectivity index (χ1) is 14.5. The lowest BCUT2D eigenvalue weighted by atomic mass is 9.99. The molecule has 0 aliphatic carbocycles. The minimum Gasteiger partial charge on any atom is -0.383 e. The third-order valence-electron chi connectivity index (χ3n) is 5.92. The molecule has 0 saturated carbocycles. The summed E-state index contributed by atoms with van der Waals surface area (Å²) in [5, 5.41) is 4.20. The molecule has 4 nitrogen and oxygen atoms in total. The summed E-state index contributed by atoms with van der Waals surface area (Å²) in [6, 6.07) is 13.2. The van der Waals surface area contributed by atoms with Crippen LogP contribution in [-0.4, -0.2) is 43.4 Å². The molecule has 0 fully saturated rings. The van der Waals surface area contributed by atoms with E-state index in [-0.39, 0.29) is 0 Å². The van der Waals surface area contributed by atoms with Gasteiger partial charge in [-0.1, -0.05) is 31.2 Å². The Labute approximate surface area is 187 Å². The Kier molecular flexibility index (Phi) is 8.11. The van der Waals surface area contributed by atoms with E-state index in [1.165, 1.54) is 47.3 Å². The number of methoxy groups -OCH3 is 1. The molecule has 2 aromatic rings. The van der Waals surface area contributed by atoms with Crippen LogP contribution in [0.1, 0.15) is 42.0 Å². The van der Waals surface area contributed by atoms with E-state index < -0.39 is 0 Å². The van der Waals surface area contributed by atoms with Gasteiger partial charge in [-0.25, -0.2) is 0 Å². The van der Waals surface area contributed by atoms with E-state index in [9.17, 15) is 0 Å². The number of anilines is 2. The molecule has 0 amide bonds. The van der Waals surface area contributed by atoms with E-state index in [4.69, 9.17) is 17.0 Å². The molecule has 0 bridgehead atoms. The number of hydrogen-bond donors (Lipinski definition) is 1. The lowest BCUT2D eigenvalue weighted by Gasteiger charge is -2.32. The van der Waals surface area contributed by atoms with Crippen LogP contribution in [0.4, 0.5) is 11.4 Å². The van der Waals surface area contributed by atoms with Crippen molar-refractivity contribution in [3.63, 3.8) is 0 Å². The van der Waals surface area contributed by atoms with Gasteiger partial charge in [0.15, 0.2) is 5.11 Å². The lowest BCUT2D eigenvalue weighted by molar-refractivity contribution is 0.175. The normalized spacial score (nSPS) is 13.1. The summed E-state index contributed by atoms with van der Waals surface area (Å²) < 4.78 is 5.35. The Hall–Kier alpha value is -2.11. The highest BCUT2D eigenvalue weighted by atomic mass is 32.1. The molecular weight excluding hydrogens is 390 g/mol. The summed E-state index contributed by atoms with van der Waals surface area (Å²) >= 11 is 5.80. The van der Waals surface area contributed by atoms with E-state index >= 15 is 0 Å². The van der Waals surface area contributed by atoms with Crippen LogP contribution in [0, 0.1) is 13.8 Å². The predicted octanol–water partition coefficient (Wildman–Crippen LogP) is 5.31. The van der Waals surface area contributed by atoms with Gasteiger partial charge in [0.25, 0.3) is 0 Å². The smallest absolute Gasteiger partial charge is 0.173 e. The van der Waals surface area contributed by atoms with Crippen LogP contribution < -0.4 is 10.2 Å². The minimum atomic E-state index is 0.643. The zero-order valence-corrected chi connectivity index (χ0v) is 19.6. The van der Waals surface area contributed by atoms with Crippen molar-refractivity contribution in [3.05, 3.63) is 58.7 Å². The van der Waals surface area contributed by atoms with E-state index in [1.807, 2.05) is 0 Å².